The average molecular weight is 174 g/mol. The van der Waals surface area contributed by atoms with Gasteiger partial charge in [0, 0.05) is 6.16 Å². The Bertz CT molecular complexity index is 83.6. The molecule has 0 saturated carbocycles. The molecule has 0 heterocycles. The van der Waals surface area contributed by atoms with Crippen LogP contribution in [0.4, 0.5) is 0 Å². The van der Waals surface area contributed by atoms with Gasteiger partial charge in [-0.25, -0.2) is 0 Å². The van der Waals surface area contributed by atoms with E-state index in [1.165, 1.54) is 38.5 Å². The third-order valence-electron chi connectivity index (χ3n) is 1.85. The molecule has 66 valence electrons. The van der Waals surface area contributed by atoms with Crippen molar-refractivity contribution in [1.82, 2.24) is 0 Å². The fourth-order valence-electron chi connectivity index (χ4n) is 1.13. The highest BCUT2D eigenvalue weighted by atomic mass is 31.1. The molecule has 0 bridgehead atoms. The van der Waals surface area contributed by atoms with Crippen molar-refractivity contribution in [1.29, 1.82) is 0 Å². The van der Waals surface area contributed by atoms with Crippen molar-refractivity contribution < 1.29 is 4.57 Å². The van der Waals surface area contributed by atoms with Gasteiger partial charge in [0.1, 0.15) is 0 Å². The molecule has 11 heavy (non-hydrogen) atoms. The van der Waals surface area contributed by atoms with Gasteiger partial charge in [0.2, 0.25) is 0 Å². The van der Waals surface area contributed by atoms with Crippen LogP contribution in [0.3, 0.4) is 0 Å². The standard InChI is InChI=1S/C9H19OP/c1-2-3-4-5-6-7-8-9-11-10/h2-9H2,1H3. The molecule has 0 rings (SSSR count). The lowest BCUT2D eigenvalue weighted by atomic mass is 10.1. The zero-order valence-electron chi connectivity index (χ0n) is 7.51. The van der Waals surface area contributed by atoms with Crippen LogP contribution in [0.5, 0.6) is 0 Å². The van der Waals surface area contributed by atoms with E-state index >= 15 is 0 Å². The maximum Gasteiger partial charge on any atom is 0.155 e. The first-order chi connectivity index (χ1) is 5.41. The summed E-state index contributed by atoms with van der Waals surface area (Å²) in [6.45, 7) is 2.23. The van der Waals surface area contributed by atoms with Crippen molar-refractivity contribution in [3.63, 3.8) is 0 Å². The van der Waals surface area contributed by atoms with Gasteiger partial charge in [0.05, 0.1) is 0 Å². The molecule has 0 radical (unpaired) electrons. The fourth-order valence-corrected chi connectivity index (χ4v) is 1.49. The van der Waals surface area contributed by atoms with Crippen molar-refractivity contribution in [2.45, 2.75) is 51.9 Å². The number of rotatable bonds is 8. The Morgan fingerprint density at radius 2 is 1.45 bits per heavy atom. The van der Waals surface area contributed by atoms with E-state index in [1.54, 1.807) is 0 Å². The highest BCUT2D eigenvalue weighted by Gasteiger charge is 1.89. The van der Waals surface area contributed by atoms with E-state index in [0.29, 0.717) is 8.46 Å². The summed E-state index contributed by atoms with van der Waals surface area (Å²) in [6, 6.07) is 0. The smallest absolute Gasteiger partial charge is 0.155 e. The fraction of sp³-hybridized carbons (Fsp3) is 1.00. The van der Waals surface area contributed by atoms with Gasteiger partial charge in [-0.05, 0) is 6.42 Å². The van der Waals surface area contributed by atoms with Crippen LogP contribution < -0.4 is 0 Å². The summed E-state index contributed by atoms with van der Waals surface area (Å²) in [6.07, 6.45) is 10.0. The van der Waals surface area contributed by atoms with E-state index in [2.05, 4.69) is 6.92 Å². The molecule has 1 nitrogen and oxygen atoms in total. The molecule has 0 aromatic rings. The minimum absolute atomic E-state index is 0.320. The second-order valence-corrected chi connectivity index (χ2v) is 3.68. The molecular formula is C9H19OP. The van der Waals surface area contributed by atoms with Crippen LogP contribution in [0.1, 0.15) is 51.9 Å². The van der Waals surface area contributed by atoms with E-state index in [0.717, 1.165) is 12.6 Å². The van der Waals surface area contributed by atoms with Crippen LogP contribution in [0, 0.1) is 0 Å². The van der Waals surface area contributed by atoms with Crippen molar-refractivity contribution in [2.24, 2.45) is 0 Å². The molecular weight excluding hydrogens is 155 g/mol. The Hall–Kier alpha value is 0.100. The summed E-state index contributed by atoms with van der Waals surface area (Å²) in [7, 11) is 0.320. The highest BCUT2D eigenvalue weighted by molar-refractivity contribution is 7.23. The molecule has 0 fully saturated rings. The van der Waals surface area contributed by atoms with Crippen LogP contribution in [-0.4, -0.2) is 6.16 Å². The highest BCUT2D eigenvalue weighted by Crippen LogP contribution is 2.08. The lowest BCUT2D eigenvalue weighted by molar-refractivity contribution is 0.586. The first-order valence-corrected chi connectivity index (χ1v) is 5.70. The molecule has 0 aromatic carbocycles. The van der Waals surface area contributed by atoms with Gasteiger partial charge >= 0.3 is 0 Å². The molecule has 0 aromatic heterocycles. The Labute approximate surface area is 71.8 Å². The van der Waals surface area contributed by atoms with Gasteiger partial charge in [-0.1, -0.05) is 45.4 Å². The third-order valence-corrected chi connectivity index (χ3v) is 2.35. The van der Waals surface area contributed by atoms with Crippen molar-refractivity contribution in [3.8, 4) is 0 Å². The van der Waals surface area contributed by atoms with Crippen LogP contribution in [0.25, 0.3) is 0 Å². The topological polar surface area (TPSA) is 17.1 Å². The minimum Gasteiger partial charge on any atom is -0.275 e. The predicted octanol–water partition coefficient (Wildman–Crippen LogP) is 4.03. The van der Waals surface area contributed by atoms with Gasteiger partial charge in [0.25, 0.3) is 0 Å². The van der Waals surface area contributed by atoms with E-state index in [4.69, 9.17) is 0 Å². The second kappa shape index (κ2) is 10.1. The molecule has 0 saturated heterocycles. The SMILES string of the molecule is CCCCCCCCCP=O. The van der Waals surface area contributed by atoms with Crippen LogP contribution in [0.2, 0.25) is 0 Å². The molecule has 0 amide bonds. The molecule has 0 N–H and O–H groups in total. The van der Waals surface area contributed by atoms with E-state index in [-0.39, 0.29) is 0 Å². The number of hydrogen-bond acceptors (Lipinski definition) is 1. The van der Waals surface area contributed by atoms with E-state index in [1.807, 2.05) is 0 Å². The Kier molecular flexibility index (Phi) is 10.2. The van der Waals surface area contributed by atoms with E-state index < -0.39 is 0 Å². The zero-order valence-corrected chi connectivity index (χ0v) is 8.41. The summed E-state index contributed by atoms with van der Waals surface area (Å²) in [5, 5.41) is 0. The quantitative estimate of drug-likeness (QED) is 0.401. The van der Waals surface area contributed by atoms with Gasteiger partial charge < -0.3 is 0 Å². The minimum atomic E-state index is 0.320. The van der Waals surface area contributed by atoms with Gasteiger partial charge in [-0.15, -0.1) is 0 Å². The Morgan fingerprint density at radius 3 is 2.00 bits per heavy atom. The first-order valence-electron chi connectivity index (χ1n) is 4.71. The first kappa shape index (κ1) is 11.1. The summed E-state index contributed by atoms with van der Waals surface area (Å²) >= 11 is 0. The summed E-state index contributed by atoms with van der Waals surface area (Å²) in [4.78, 5) is 0. The molecule has 0 spiro atoms. The van der Waals surface area contributed by atoms with E-state index in [9.17, 15) is 4.57 Å². The number of hydrogen-bond donors (Lipinski definition) is 0. The Balaban J connectivity index is 2.74. The largest absolute Gasteiger partial charge is 0.275 e. The lowest BCUT2D eigenvalue weighted by Crippen LogP contribution is -1.79. The lowest BCUT2D eigenvalue weighted by Gasteiger charge is -1.97. The molecule has 0 aliphatic carbocycles. The summed E-state index contributed by atoms with van der Waals surface area (Å²) < 4.78 is 10.0. The van der Waals surface area contributed by atoms with Crippen LogP contribution in [-0.2, 0) is 4.57 Å². The molecule has 0 unspecified atom stereocenters. The third kappa shape index (κ3) is 10.1. The Morgan fingerprint density at radius 1 is 0.909 bits per heavy atom. The normalized spacial score (nSPS) is 10.6. The maximum absolute atomic E-state index is 10.0. The van der Waals surface area contributed by atoms with Crippen LogP contribution >= 0.6 is 8.46 Å². The maximum atomic E-state index is 10.0. The number of unbranched alkanes of at least 4 members (excludes halogenated alkanes) is 6. The van der Waals surface area contributed by atoms with Crippen molar-refractivity contribution in [3.05, 3.63) is 0 Å². The summed E-state index contributed by atoms with van der Waals surface area (Å²) in [5.41, 5.74) is 0. The zero-order chi connectivity index (χ0) is 8.36. The van der Waals surface area contributed by atoms with Crippen molar-refractivity contribution >= 4 is 8.46 Å². The molecule has 0 atom stereocenters. The van der Waals surface area contributed by atoms with Crippen molar-refractivity contribution in [2.75, 3.05) is 6.16 Å². The molecule has 0 aliphatic heterocycles. The van der Waals surface area contributed by atoms with Gasteiger partial charge in [-0.2, -0.15) is 0 Å². The van der Waals surface area contributed by atoms with Crippen LogP contribution in [0.15, 0.2) is 0 Å². The average Bonchev–Trinajstić information content (AvgIpc) is 2.03. The molecule has 2 heteroatoms. The van der Waals surface area contributed by atoms with Gasteiger partial charge in [0.15, 0.2) is 8.46 Å². The molecule has 0 aliphatic rings. The summed E-state index contributed by atoms with van der Waals surface area (Å²) in [5.74, 6) is 0. The van der Waals surface area contributed by atoms with Gasteiger partial charge in [-0.3, -0.25) is 4.57 Å². The monoisotopic (exact) mass is 174 g/mol. The second-order valence-electron chi connectivity index (χ2n) is 2.97. The predicted molar refractivity (Wildman–Crippen MR) is 50.5 cm³/mol.